The number of methoxy groups -OCH3 is 1. The molecule has 1 aliphatic rings. The first-order chi connectivity index (χ1) is 12.6. The van der Waals surface area contributed by atoms with Crippen LogP contribution >= 0.6 is 0 Å². The van der Waals surface area contributed by atoms with E-state index in [4.69, 9.17) is 4.74 Å². The first kappa shape index (κ1) is 16.8. The van der Waals surface area contributed by atoms with Gasteiger partial charge in [0.1, 0.15) is 5.75 Å². The van der Waals surface area contributed by atoms with E-state index in [2.05, 4.69) is 28.9 Å². The summed E-state index contributed by atoms with van der Waals surface area (Å²) in [4.78, 5) is 19.6. The lowest BCUT2D eigenvalue weighted by molar-refractivity contribution is 0.315. The molecular formula is C20H24N4O2. The van der Waals surface area contributed by atoms with E-state index in [9.17, 15) is 4.79 Å². The highest BCUT2D eigenvalue weighted by Gasteiger charge is 2.28. The maximum atomic E-state index is 12.7. The number of pyridine rings is 1. The van der Waals surface area contributed by atoms with Gasteiger partial charge in [-0.25, -0.2) is 9.78 Å². The number of ether oxygens (including phenoxy) is 1. The van der Waals surface area contributed by atoms with E-state index in [1.165, 1.54) is 5.56 Å². The summed E-state index contributed by atoms with van der Waals surface area (Å²) in [5, 5.41) is 0. The topological polar surface area (TPSA) is 52.3 Å². The third-order valence-corrected chi connectivity index (χ3v) is 5.33. The van der Waals surface area contributed by atoms with Crippen LogP contribution in [0.5, 0.6) is 5.75 Å². The third kappa shape index (κ3) is 2.80. The molecule has 0 saturated carbocycles. The Morgan fingerprint density at radius 1 is 1.31 bits per heavy atom. The average molecular weight is 352 g/mol. The molecule has 1 aliphatic heterocycles. The number of fused-ring (bicyclic) bond motifs is 1. The second kappa shape index (κ2) is 6.61. The maximum Gasteiger partial charge on any atom is 0.330 e. The Morgan fingerprint density at radius 2 is 2.15 bits per heavy atom. The summed E-state index contributed by atoms with van der Waals surface area (Å²) in [6.45, 7) is 4.79. The lowest BCUT2D eigenvalue weighted by Gasteiger charge is -2.17. The molecule has 3 heterocycles. The fourth-order valence-electron chi connectivity index (χ4n) is 3.98. The highest BCUT2D eigenvalue weighted by Crippen LogP contribution is 2.26. The zero-order valence-corrected chi connectivity index (χ0v) is 15.5. The molecule has 6 nitrogen and oxygen atoms in total. The van der Waals surface area contributed by atoms with Crippen molar-refractivity contribution in [1.82, 2.24) is 19.0 Å². The molecule has 0 N–H and O–H groups in total. The van der Waals surface area contributed by atoms with E-state index in [1.54, 1.807) is 17.9 Å². The molecule has 1 saturated heterocycles. The number of hydrogen-bond acceptors (Lipinski definition) is 4. The molecule has 2 aromatic heterocycles. The Hall–Kier alpha value is -2.60. The van der Waals surface area contributed by atoms with Crippen molar-refractivity contribution in [2.24, 2.45) is 7.05 Å². The van der Waals surface area contributed by atoms with Crippen molar-refractivity contribution in [3.05, 3.63) is 58.1 Å². The van der Waals surface area contributed by atoms with E-state index < -0.39 is 0 Å². The molecule has 1 aromatic carbocycles. The van der Waals surface area contributed by atoms with Gasteiger partial charge in [-0.15, -0.1) is 0 Å². The van der Waals surface area contributed by atoms with Gasteiger partial charge in [0, 0.05) is 32.9 Å². The number of aromatic nitrogens is 3. The second-order valence-corrected chi connectivity index (χ2v) is 7.04. The number of nitrogens with zero attached hydrogens (tertiary/aromatic N) is 4. The lowest BCUT2D eigenvalue weighted by Crippen LogP contribution is -2.28. The Morgan fingerprint density at radius 3 is 2.92 bits per heavy atom. The summed E-state index contributed by atoms with van der Waals surface area (Å²) < 4.78 is 8.90. The third-order valence-electron chi connectivity index (χ3n) is 5.33. The number of hydrogen-bond donors (Lipinski definition) is 0. The molecule has 1 atom stereocenters. The standard InChI is InChI=1S/C20H24N4O2/c1-14-11-15(6-7-18(14)26-3)12-23-10-8-16(13-23)24-19-17(5-4-9-21-19)22(2)20(24)25/h4-7,9,11,16H,8,10,12-13H2,1-3H3/t16-/m1/s1. The Labute approximate surface area is 152 Å². The van der Waals surface area contributed by atoms with Gasteiger partial charge in [-0.05, 0) is 42.7 Å². The van der Waals surface area contributed by atoms with Crippen molar-refractivity contribution in [2.45, 2.75) is 25.9 Å². The number of rotatable bonds is 4. The molecule has 0 amide bonds. The molecule has 26 heavy (non-hydrogen) atoms. The number of benzene rings is 1. The fourth-order valence-corrected chi connectivity index (χ4v) is 3.98. The van der Waals surface area contributed by atoms with Gasteiger partial charge in [0.15, 0.2) is 5.65 Å². The fraction of sp³-hybridized carbons (Fsp3) is 0.400. The van der Waals surface area contributed by atoms with Crippen LogP contribution in [-0.4, -0.2) is 39.2 Å². The largest absolute Gasteiger partial charge is 0.496 e. The molecule has 0 bridgehead atoms. The molecule has 136 valence electrons. The molecule has 0 spiro atoms. The quantitative estimate of drug-likeness (QED) is 0.724. The minimum Gasteiger partial charge on any atom is -0.496 e. The molecular weight excluding hydrogens is 328 g/mol. The highest BCUT2D eigenvalue weighted by atomic mass is 16.5. The van der Waals surface area contributed by atoms with Crippen LogP contribution in [0.15, 0.2) is 41.3 Å². The van der Waals surface area contributed by atoms with Gasteiger partial charge >= 0.3 is 5.69 Å². The number of imidazole rings is 1. The summed E-state index contributed by atoms with van der Waals surface area (Å²) in [6, 6.07) is 10.3. The molecule has 0 aliphatic carbocycles. The second-order valence-electron chi connectivity index (χ2n) is 7.04. The summed E-state index contributed by atoms with van der Waals surface area (Å²) in [7, 11) is 3.51. The van der Waals surface area contributed by atoms with Gasteiger partial charge in [0.25, 0.3) is 0 Å². The number of likely N-dealkylation sites (tertiary alicyclic amines) is 1. The molecule has 0 radical (unpaired) electrons. The van der Waals surface area contributed by atoms with Gasteiger partial charge in [0.2, 0.25) is 0 Å². The SMILES string of the molecule is COc1ccc(CN2CC[C@@H](n3c(=O)n(C)c4cccnc43)C2)cc1C. The zero-order chi connectivity index (χ0) is 18.3. The van der Waals surface area contributed by atoms with Crippen LogP contribution in [0, 0.1) is 6.92 Å². The molecule has 4 rings (SSSR count). The van der Waals surface area contributed by atoms with Crippen molar-refractivity contribution < 1.29 is 4.74 Å². The summed E-state index contributed by atoms with van der Waals surface area (Å²) in [6.07, 6.45) is 2.72. The van der Waals surface area contributed by atoms with Crippen molar-refractivity contribution in [2.75, 3.05) is 20.2 Å². The highest BCUT2D eigenvalue weighted by molar-refractivity contribution is 5.71. The average Bonchev–Trinajstić information content (AvgIpc) is 3.19. The molecule has 6 heteroatoms. The van der Waals surface area contributed by atoms with Crippen LogP contribution in [0.4, 0.5) is 0 Å². The first-order valence-electron chi connectivity index (χ1n) is 8.96. The predicted octanol–water partition coefficient (Wildman–Crippen LogP) is 2.50. The van der Waals surface area contributed by atoms with Gasteiger partial charge in [-0.2, -0.15) is 0 Å². The zero-order valence-electron chi connectivity index (χ0n) is 15.5. The van der Waals surface area contributed by atoms with E-state index in [1.807, 2.05) is 29.8 Å². The maximum absolute atomic E-state index is 12.7. The van der Waals surface area contributed by atoms with Crippen molar-refractivity contribution in [3.8, 4) is 5.75 Å². The molecule has 3 aromatic rings. The Bertz CT molecular complexity index is 1000. The van der Waals surface area contributed by atoms with E-state index in [-0.39, 0.29) is 11.7 Å². The van der Waals surface area contributed by atoms with Crippen LogP contribution < -0.4 is 10.4 Å². The summed E-state index contributed by atoms with van der Waals surface area (Å²) >= 11 is 0. The molecule has 1 fully saturated rings. The minimum absolute atomic E-state index is 0.0193. The smallest absolute Gasteiger partial charge is 0.330 e. The summed E-state index contributed by atoms with van der Waals surface area (Å²) in [5.41, 5.74) is 4.11. The van der Waals surface area contributed by atoms with Crippen molar-refractivity contribution >= 4 is 11.2 Å². The number of aryl methyl sites for hydroxylation is 2. The van der Waals surface area contributed by atoms with Gasteiger partial charge in [-0.1, -0.05) is 12.1 Å². The van der Waals surface area contributed by atoms with Crippen LogP contribution in [0.25, 0.3) is 11.2 Å². The minimum atomic E-state index is 0.0193. The van der Waals surface area contributed by atoms with Crippen LogP contribution in [0.3, 0.4) is 0 Å². The van der Waals surface area contributed by atoms with Gasteiger partial charge < -0.3 is 4.74 Å². The van der Waals surface area contributed by atoms with E-state index in [0.717, 1.165) is 48.5 Å². The van der Waals surface area contributed by atoms with Gasteiger partial charge in [-0.3, -0.25) is 14.0 Å². The van der Waals surface area contributed by atoms with Crippen molar-refractivity contribution in [1.29, 1.82) is 0 Å². The van der Waals surface area contributed by atoms with Crippen LogP contribution in [0.1, 0.15) is 23.6 Å². The lowest BCUT2D eigenvalue weighted by atomic mass is 10.1. The summed E-state index contributed by atoms with van der Waals surface area (Å²) in [5.74, 6) is 0.918. The van der Waals surface area contributed by atoms with Crippen molar-refractivity contribution in [3.63, 3.8) is 0 Å². The Kier molecular flexibility index (Phi) is 4.28. The predicted molar refractivity (Wildman–Crippen MR) is 102 cm³/mol. The van der Waals surface area contributed by atoms with Crippen LogP contribution in [0.2, 0.25) is 0 Å². The first-order valence-corrected chi connectivity index (χ1v) is 8.96. The van der Waals surface area contributed by atoms with E-state index >= 15 is 0 Å². The normalized spacial score (nSPS) is 17.9. The Balaban J connectivity index is 1.55. The monoisotopic (exact) mass is 352 g/mol. The van der Waals surface area contributed by atoms with Gasteiger partial charge in [0.05, 0.1) is 18.7 Å². The van der Waals surface area contributed by atoms with E-state index in [0.29, 0.717) is 0 Å². The molecule has 0 unspecified atom stereocenters. The van der Waals surface area contributed by atoms with Crippen LogP contribution in [-0.2, 0) is 13.6 Å².